The highest BCUT2D eigenvalue weighted by molar-refractivity contribution is 9.10. The number of benzene rings is 2. The number of rotatable bonds is 2. The maximum absolute atomic E-state index is 13.5. The lowest BCUT2D eigenvalue weighted by molar-refractivity contribution is -0.122. The molecule has 2 amide bonds. The Bertz CT molecular complexity index is 1180. The second-order valence-electron chi connectivity index (χ2n) is 7.15. The van der Waals surface area contributed by atoms with E-state index in [4.69, 9.17) is 0 Å². The maximum atomic E-state index is 13.5. The molecular formula is C21H15BrN2O3S2. The van der Waals surface area contributed by atoms with Gasteiger partial charge in [-0.15, -0.1) is 0 Å². The smallest absolute Gasteiger partial charge is 0.305 e. The van der Waals surface area contributed by atoms with Crippen molar-refractivity contribution in [3.05, 3.63) is 78.7 Å². The SMILES string of the molecule is Cc1ccc(N2C(=O)C3Sc4[nH]c(=O)sc4C(c4ccc(Br)cc4)C3C2=O)cc1. The second-order valence-corrected chi connectivity index (χ2v) is 10.2. The van der Waals surface area contributed by atoms with E-state index in [1.165, 1.54) is 16.7 Å². The van der Waals surface area contributed by atoms with E-state index < -0.39 is 11.2 Å². The average molecular weight is 487 g/mol. The van der Waals surface area contributed by atoms with Gasteiger partial charge in [-0.2, -0.15) is 0 Å². The van der Waals surface area contributed by atoms with Crippen LogP contribution in [0.25, 0.3) is 0 Å². The van der Waals surface area contributed by atoms with Gasteiger partial charge in [0.25, 0.3) is 0 Å². The van der Waals surface area contributed by atoms with Crippen molar-refractivity contribution in [3.63, 3.8) is 0 Å². The van der Waals surface area contributed by atoms with Gasteiger partial charge in [-0.1, -0.05) is 68.9 Å². The van der Waals surface area contributed by atoms with Gasteiger partial charge in [0.15, 0.2) is 0 Å². The number of fused-ring (bicyclic) bond motifs is 2. The van der Waals surface area contributed by atoms with Crippen molar-refractivity contribution in [1.29, 1.82) is 0 Å². The van der Waals surface area contributed by atoms with E-state index in [0.717, 1.165) is 31.8 Å². The number of thiazole rings is 1. The third kappa shape index (κ3) is 3.01. The minimum Gasteiger partial charge on any atom is -0.307 e. The third-order valence-electron chi connectivity index (χ3n) is 5.35. The number of halogens is 1. The molecule has 3 atom stereocenters. The predicted molar refractivity (Wildman–Crippen MR) is 118 cm³/mol. The van der Waals surface area contributed by atoms with Crippen molar-refractivity contribution in [1.82, 2.24) is 4.98 Å². The molecule has 1 N–H and O–H groups in total. The van der Waals surface area contributed by atoms with Crippen LogP contribution < -0.4 is 9.77 Å². The van der Waals surface area contributed by atoms with Gasteiger partial charge in [0.05, 0.1) is 16.6 Å². The molecule has 0 radical (unpaired) electrons. The molecule has 8 heteroatoms. The number of hydrogen-bond donors (Lipinski definition) is 1. The maximum Gasteiger partial charge on any atom is 0.305 e. The Labute approximate surface area is 183 Å². The molecule has 0 aliphatic carbocycles. The lowest BCUT2D eigenvalue weighted by Crippen LogP contribution is -2.32. The van der Waals surface area contributed by atoms with Crippen LogP contribution in [0.2, 0.25) is 0 Å². The molecule has 1 fully saturated rings. The Morgan fingerprint density at radius 2 is 1.66 bits per heavy atom. The lowest BCUT2D eigenvalue weighted by Gasteiger charge is -2.29. The molecule has 5 nitrogen and oxygen atoms in total. The first-order chi connectivity index (χ1) is 13.9. The fourth-order valence-corrected chi connectivity index (χ4v) is 6.77. The molecule has 2 aromatic carbocycles. The average Bonchev–Trinajstić information content (AvgIpc) is 3.19. The van der Waals surface area contributed by atoms with E-state index in [-0.39, 0.29) is 22.6 Å². The number of aryl methyl sites for hydroxylation is 1. The van der Waals surface area contributed by atoms with Crippen molar-refractivity contribution < 1.29 is 9.59 Å². The molecule has 5 rings (SSSR count). The normalized spacial score (nSPS) is 23.2. The number of nitrogens with zero attached hydrogens (tertiary/aromatic N) is 1. The zero-order valence-electron chi connectivity index (χ0n) is 15.2. The van der Waals surface area contributed by atoms with Crippen LogP contribution in [0, 0.1) is 12.8 Å². The largest absolute Gasteiger partial charge is 0.307 e. The molecule has 2 aliphatic heterocycles. The molecule has 1 aromatic heterocycles. The second kappa shape index (κ2) is 6.97. The van der Waals surface area contributed by atoms with Gasteiger partial charge < -0.3 is 4.98 Å². The van der Waals surface area contributed by atoms with E-state index in [0.29, 0.717) is 10.7 Å². The van der Waals surface area contributed by atoms with E-state index in [1.54, 1.807) is 12.1 Å². The number of imide groups is 1. The van der Waals surface area contributed by atoms with Crippen LogP contribution in [0.5, 0.6) is 0 Å². The fourth-order valence-electron chi connectivity index (χ4n) is 3.99. The molecule has 0 saturated carbocycles. The zero-order valence-corrected chi connectivity index (χ0v) is 18.4. The monoisotopic (exact) mass is 486 g/mol. The number of aromatic nitrogens is 1. The Kier molecular flexibility index (Phi) is 4.53. The number of H-pyrrole nitrogens is 1. The van der Waals surface area contributed by atoms with Gasteiger partial charge in [-0.05, 0) is 36.8 Å². The molecule has 0 bridgehead atoms. The number of nitrogens with one attached hydrogen (secondary N) is 1. The van der Waals surface area contributed by atoms with Crippen molar-refractivity contribution in [2.75, 3.05) is 4.90 Å². The van der Waals surface area contributed by atoms with Crippen LogP contribution in [0.1, 0.15) is 21.9 Å². The van der Waals surface area contributed by atoms with E-state index in [2.05, 4.69) is 20.9 Å². The highest BCUT2D eigenvalue weighted by Gasteiger charge is 2.56. The Morgan fingerprint density at radius 3 is 2.34 bits per heavy atom. The van der Waals surface area contributed by atoms with Crippen molar-refractivity contribution in [2.24, 2.45) is 5.92 Å². The van der Waals surface area contributed by atoms with Crippen molar-refractivity contribution in [2.45, 2.75) is 23.1 Å². The highest BCUT2D eigenvalue weighted by atomic mass is 79.9. The summed E-state index contributed by atoms with van der Waals surface area (Å²) < 4.78 is 0.931. The van der Waals surface area contributed by atoms with Crippen LogP contribution in [-0.2, 0) is 9.59 Å². The van der Waals surface area contributed by atoms with Gasteiger partial charge in [-0.25, -0.2) is 4.90 Å². The van der Waals surface area contributed by atoms with Gasteiger partial charge in [0.1, 0.15) is 5.25 Å². The molecule has 3 unspecified atom stereocenters. The third-order valence-corrected chi connectivity index (χ3v) is 8.27. The summed E-state index contributed by atoms with van der Waals surface area (Å²) in [7, 11) is 0. The summed E-state index contributed by atoms with van der Waals surface area (Å²) in [5.41, 5.74) is 2.58. The number of hydrogen-bond acceptors (Lipinski definition) is 5. The van der Waals surface area contributed by atoms with Gasteiger partial charge >= 0.3 is 4.87 Å². The quantitative estimate of drug-likeness (QED) is 0.548. The van der Waals surface area contributed by atoms with E-state index >= 15 is 0 Å². The van der Waals surface area contributed by atoms with Crippen LogP contribution in [-0.4, -0.2) is 22.0 Å². The minimum atomic E-state index is -0.560. The van der Waals surface area contributed by atoms with Gasteiger partial charge in [0, 0.05) is 15.3 Å². The lowest BCUT2D eigenvalue weighted by atomic mass is 9.83. The van der Waals surface area contributed by atoms with Crippen LogP contribution in [0.4, 0.5) is 5.69 Å². The van der Waals surface area contributed by atoms with Crippen LogP contribution >= 0.6 is 39.0 Å². The predicted octanol–water partition coefficient (Wildman–Crippen LogP) is 4.30. The Hall–Kier alpha value is -2.16. The van der Waals surface area contributed by atoms with E-state index in [1.807, 2.05) is 43.3 Å². The topological polar surface area (TPSA) is 70.2 Å². The number of aromatic amines is 1. The Morgan fingerprint density at radius 1 is 0.966 bits per heavy atom. The summed E-state index contributed by atoms with van der Waals surface area (Å²) in [5, 5.41) is 0.135. The molecular weight excluding hydrogens is 472 g/mol. The molecule has 3 aromatic rings. The number of thioether (sulfide) groups is 1. The number of amides is 2. The first-order valence-electron chi connectivity index (χ1n) is 9.03. The molecule has 1 saturated heterocycles. The number of anilines is 1. The summed E-state index contributed by atoms with van der Waals surface area (Å²) in [5.74, 6) is -1.32. The summed E-state index contributed by atoms with van der Waals surface area (Å²) in [4.78, 5) is 43.6. The summed E-state index contributed by atoms with van der Waals surface area (Å²) >= 11 is 5.86. The number of carbonyl (C=O) groups excluding carboxylic acids is 2. The van der Waals surface area contributed by atoms with Crippen molar-refractivity contribution >= 4 is 56.5 Å². The first kappa shape index (κ1) is 18.8. The molecule has 146 valence electrons. The molecule has 2 aliphatic rings. The van der Waals surface area contributed by atoms with Gasteiger partial charge in [0.2, 0.25) is 11.8 Å². The standard InChI is InChI=1S/C21H15BrN2O3S2/c1-10-2-8-13(9-3-10)24-19(25)15-14(11-4-6-12(22)7-5-11)16-18(23-21(27)29-16)28-17(15)20(24)26/h2-9,14-15,17H,1H3,(H,23,27). The van der Waals surface area contributed by atoms with Crippen LogP contribution in [0.15, 0.2) is 62.8 Å². The summed E-state index contributed by atoms with van der Waals surface area (Å²) in [6.07, 6.45) is 0. The zero-order chi connectivity index (χ0) is 20.3. The number of carbonyl (C=O) groups is 2. The van der Waals surface area contributed by atoms with Gasteiger partial charge in [-0.3, -0.25) is 14.4 Å². The van der Waals surface area contributed by atoms with Crippen molar-refractivity contribution in [3.8, 4) is 0 Å². The summed E-state index contributed by atoms with van der Waals surface area (Å²) in [6.45, 7) is 1.96. The molecule has 0 spiro atoms. The minimum absolute atomic E-state index is 0.167. The highest BCUT2D eigenvalue weighted by Crippen LogP contribution is 2.53. The van der Waals surface area contributed by atoms with Crippen LogP contribution in [0.3, 0.4) is 0 Å². The van der Waals surface area contributed by atoms with E-state index in [9.17, 15) is 14.4 Å². The summed E-state index contributed by atoms with van der Waals surface area (Å²) in [6, 6.07) is 15.1. The molecule has 3 heterocycles. The molecule has 29 heavy (non-hydrogen) atoms. The first-order valence-corrected chi connectivity index (χ1v) is 11.5. The Balaban J connectivity index is 1.64. The fraction of sp³-hybridized carbons (Fsp3) is 0.190.